The highest BCUT2D eigenvalue weighted by atomic mass is 16.3. The molecule has 0 heterocycles. The van der Waals surface area contributed by atoms with E-state index in [1.165, 1.54) is 0 Å². The fourth-order valence-corrected chi connectivity index (χ4v) is 7.51. The van der Waals surface area contributed by atoms with Gasteiger partial charge in [0, 0.05) is 12.3 Å². The molecule has 0 radical (unpaired) electrons. The van der Waals surface area contributed by atoms with Crippen LogP contribution in [0.15, 0.2) is 0 Å². The van der Waals surface area contributed by atoms with Gasteiger partial charge in [0.15, 0.2) is 0 Å². The van der Waals surface area contributed by atoms with Gasteiger partial charge in [-0.3, -0.25) is 4.79 Å². The molecule has 0 aromatic carbocycles. The summed E-state index contributed by atoms with van der Waals surface area (Å²) in [4.78, 5) is 12.3. The molecule has 0 unspecified atom stereocenters. The third-order valence-electron chi connectivity index (χ3n) is 8.75. The molecule has 0 aromatic rings. The van der Waals surface area contributed by atoms with Crippen LogP contribution in [0.1, 0.15) is 58.8 Å². The maximum absolute atomic E-state index is 12.3. The number of aliphatic hydroxyl groups excluding tert-OH is 3. The molecule has 4 saturated carbocycles. The Morgan fingerprint density at radius 3 is 2.50 bits per heavy atom. The maximum Gasteiger partial charge on any atom is 0.138 e. The minimum atomic E-state index is -0.399. The first kappa shape index (κ1) is 17.0. The van der Waals surface area contributed by atoms with Gasteiger partial charge >= 0.3 is 0 Å². The number of carbonyl (C=O) groups is 1. The number of fused-ring (bicyclic) bond motifs is 5. The van der Waals surface area contributed by atoms with Crippen LogP contribution >= 0.6 is 0 Å². The van der Waals surface area contributed by atoms with Gasteiger partial charge in [-0.2, -0.15) is 0 Å². The normalized spacial score (nSPS) is 57.2. The topological polar surface area (TPSA) is 77.8 Å². The molecule has 4 nitrogen and oxygen atoms in total. The number of Topliss-reactive ketones (excluding diaryl/α,β-unsaturated/α-hetero) is 1. The van der Waals surface area contributed by atoms with E-state index in [4.69, 9.17) is 0 Å². The highest BCUT2D eigenvalue weighted by molar-refractivity contribution is 5.82. The summed E-state index contributed by atoms with van der Waals surface area (Å²) in [6, 6.07) is 0. The zero-order valence-corrected chi connectivity index (χ0v) is 14.9. The lowest BCUT2D eigenvalue weighted by Crippen LogP contribution is -2.60. The second-order valence-corrected chi connectivity index (χ2v) is 9.70. The Morgan fingerprint density at radius 2 is 1.79 bits per heavy atom. The van der Waals surface area contributed by atoms with Crippen molar-refractivity contribution in [2.45, 2.75) is 71.0 Å². The summed E-state index contributed by atoms with van der Waals surface area (Å²) in [7, 11) is 0. The Balaban J connectivity index is 1.69. The lowest BCUT2D eigenvalue weighted by Gasteiger charge is -2.62. The minimum Gasteiger partial charge on any atom is -0.396 e. The number of aliphatic hydroxyl groups is 3. The molecule has 4 fully saturated rings. The maximum atomic E-state index is 12.3. The Bertz CT molecular complexity index is 534. The summed E-state index contributed by atoms with van der Waals surface area (Å²) < 4.78 is 0. The van der Waals surface area contributed by atoms with Crippen LogP contribution in [0.3, 0.4) is 0 Å². The van der Waals surface area contributed by atoms with Crippen molar-refractivity contribution in [3.8, 4) is 0 Å². The highest BCUT2D eigenvalue weighted by Crippen LogP contribution is 2.66. The van der Waals surface area contributed by atoms with Gasteiger partial charge < -0.3 is 15.3 Å². The van der Waals surface area contributed by atoms with Gasteiger partial charge in [-0.25, -0.2) is 0 Å². The third kappa shape index (κ3) is 2.12. The van der Waals surface area contributed by atoms with Gasteiger partial charge in [-0.15, -0.1) is 0 Å². The standard InChI is InChI=1S/C20H32O4/c1-19-8-11(10-21)15(22)7-12(19)3-4-13-14-5-6-17(24)20(14,2)9-16(23)18(13)19/h11-14,16-18,21,23-24H,3-10H2,1-2H3/t11-,12-,13-,14-,16+,17-,18+,19-,20-/m0/s1. The van der Waals surface area contributed by atoms with E-state index < -0.39 is 6.10 Å². The van der Waals surface area contributed by atoms with E-state index in [-0.39, 0.29) is 41.2 Å². The van der Waals surface area contributed by atoms with E-state index in [2.05, 4.69) is 13.8 Å². The van der Waals surface area contributed by atoms with Crippen molar-refractivity contribution in [2.75, 3.05) is 6.61 Å². The van der Waals surface area contributed by atoms with Crippen molar-refractivity contribution in [3.63, 3.8) is 0 Å². The zero-order chi connectivity index (χ0) is 17.3. The van der Waals surface area contributed by atoms with Crippen LogP contribution < -0.4 is 0 Å². The summed E-state index contributed by atoms with van der Waals surface area (Å²) >= 11 is 0. The molecule has 0 aliphatic heterocycles. The molecular formula is C20H32O4. The first-order chi connectivity index (χ1) is 11.3. The predicted octanol–water partition coefficient (Wildman–Crippen LogP) is 2.15. The molecule has 0 bridgehead atoms. The zero-order valence-electron chi connectivity index (χ0n) is 14.9. The molecule has 0 saturated heterocycles. The molecule has 0 amide bonds. The van der Waals surface area contributed by atoms with Gasteiger partial charge in [0.2, 0.25) is 0 Å². The van der Waals surface area contributed by atoms with E-state index in [0.717, 1.165) is 32.1 Å². The molecule has 136 valence electrons. The quantitative estimate of drug-likeness (QED) is 0.686. The van der Waals surface area contributed by atoms with Crippen molar-refractivity contribution >= 4 is 5.78 Å². The monoisotopic (exact) mass is 336 g/mol. The first-order valence-electron chi connectivity index (χ1n) is 9.81. The molecule has 4 heteroatoms. The first-order valence-corrected chi connectivity index (χ1v) is 9.81. The van der Waals surface area contributed by atoms with Crippen LogP contribution in [0.25, 0.3) is 0 Å². The number of ketones is 1. The van der Waals surface area contributed by atoms with Crippen LogP contribution in [0, 0.1) is 40.4 Å². The number of rotatable bonds is 1. The summed E-state index contributed by atoms with van der Waals surface area (Å²) in [5.74, 6) is 1.46. The molecule has 0 spiro atoms. The summed E-state index contributed by atoms with van der Waals surface area (Å²) in [5.41, 5.74) is -0.205. The predicted molar refractivity (Wildman–Crippen MR) is 90.1 cm³/mol. The van der Waals surface area contributed by atoms with Crippen LogP contribution in [-0.4, -0.2) is 39.9 Å². The second kappa shape index (κ2) is 5.52. The summed E-state index contributed by atoms with van der Waals surface area (Å²) in [6.45, 7) is 4.37. The fraction of sp³-hybridized carbons (Fsp3) is 0.950. The molecule has 3 N–H and O–H groups in total. The average Bonchev–Trinajstić information content (AvgIpc) is 2.82. The smallest absolute Gasteiger partial charge is 0.138 e. The lowest BCUT2D eigenvalue weighted by molar-refractivity contribution is -0.184. The Kier molecular flexibility index (Phi) is 3.91. The number of hydrogen-bond donors (Lipinski definition) is 3. The molecule has 4 aliphatic rings. The molecular weight excluding hydrogens is 304 g/mol. The Morgan fingerprint density at radius 1 is 1.04 bits per heavy atom. The summed E-state index contributed by atoms with van der Waals surface area (Å²) in [6.07, 6.45) is 5.33. The van der Waals surface area contributed by atoms with Crippen molar-refractivity contribution in [2.24, 2.45) is 40.4 Å². The minimum absolute atomic E-state index is 0.0570. The van der Waals surface area contributed by atoms with E-state index in [1.54, 1.807) is 0 Å². The largest absolute Gasteiger partial charge is 0.396 e. The average molecular weight is 336 g/mol. The summed E-state index contributed by atoms with van der Waals surface area (Å²) in [5, 5.41) is 31.3. The van der Waals surface area contributed by atoms with Gasteiger partial charge in [0.1, 0.15) is 5.78 Å². The van der Waals surface area contributed by atoms with E-state index in [9.17, 15) is 20.1 Å². The van der Waals surface area contributed by atoms with E-state index in [0.29, 0.717) is 30.6 Å². The van der Waals surface area contributed by atoms with Gasteiger partial charge in [0.25, 0.3) is 0 Å². The highest BCUT2D eigenvalue weighted by Gasteiger charge is 2.63. The molecule has 9 atom stereocenters. The Labute approximate surface area is 144 Å². The van der Waals surface area contributed by atoms with Gasteiger partial charge in [-0.05, 0) is 73.0 Å². The molecule has 4 rings (SSSR count). The van der Waals surface area contributed by atoms with E-state index in [1.807, 2.05) is 0 Å². The van der Waals surface area contributed by atoms with E-state index >= 15 is 0 Å². The number of carbonyl (C=O) groups excluding carboxylic acids is 1. The second-order valence-electron chi connectivity index (χ2n) is 9.70. The van der Waals surface area contributed by atoms with Crippen LogP contribution in [0.5, 0.6) is 0 Å². The van der Waals surface area contributed by atoms with Crippen LogP contribution in [-0.2, 0) is 4.79 Å². The fourth-order valence-electron chi connectivity index (χ4n) is 7.51. The van der Waals surface area contributed by atoms with Crippen LogP contribution in [0.4, 0.5) is 0 Å². The molecule has 4 aliphatic carbocycles. The Hall–Kier alpha value is -0.450. The van der Waals surface area contributed by atoms with Crippen molar-refractivity contribution in [1.29, 1.82) is 0 Å². The lowest BCUT2D eigenvalue weighted by atomic mass is 9.43. The van der Waals surface area contributed by atoms with Gasteiger partial charge in [0.05, 0.1) is 18.8 Å². The molecule has 0 aromatic heterocycles. The number of hydrogen-bond acceptors (Lipinski definition) is 4. The SMILES string of the molecule is C[C@]12C[C@@H](CO)C(=O)C[C@@H]1CC[C@@H]1[C@@H]2[C@H](O)C[C@]2(C)[C@@H](O)CC[C@@H]12. The van der Waals surface area contributed by atoms with Crippen LogP contribution in [0.2, 0.25) is 0 Å². The third-order valence-corrected chi connectivity index (χ3v) is 8.75. The van der Waals surface area contributed by atoms with Crippen molar-refractivity contribution in [3.05, 3.63) is 0 Å². The van der Waals surface area contributed by atoms with Crippen molar-refractivity contribution in [1.82, 2.24) is 0 Å². The molecule has 24 heavy (non-hydrogen) atoms. The van der Waals surface area contributed by atoms with Crippen molar-refractivity contribution < 1.29 is 20.1 Å². The van der Waals surface area contributed by atoms with Gasteiger partial charge in [-0.1, -0.05) is 13.8 Å².